The average Bonchev–Trinajstić information content (AvgIpc) is 2.74. The van der Waals surface area contributed by atoms with Crippen LogP contribution in [0, 0.1) is 0 Å². The largest absolute Gasteiger partial charge is 0.493 e. The zero-order valence-electron chi connectivity index (χ0n) is 17.0. The summed E-state index contributed by atoms with van der Waals surface area (Å²) in [6.45, 7) is 2.70. The van der Waals surface area contributed by atoms with Crippen molar-refractivity contribution in [3.8, 4) is 11.5 Å². The molecule has 0 bridgehead atoms. The molecular formula is C21H28N2O5S. The maximum Gasteiger partial charge on any atom is 0.240 e. The lowest BCUT2D eigenvalue weighted by molar-refractivity contribution is -0.121. The number of benzene rings is 2. The minimum absolute atomic E-state index is 0.0823. The Bertz CT molecular complexity index is 911. The molecule has 7 nitrogen and oxygen atoms in total. The minimum Gasteiger partial charge on any atom is -0.493 e. The SMILES string of the molecule is CCCNS(=O)(=O)c1ccc(CCC(=O)NCc2ccc(OC)c(OC)c2)cc1. The van der Waals surface area contributed by atoms with Crippen LogP contribution in [-0.4, -0.2) is 35.1 Å². The fourth-order valence-corrected chi connectivity index (χ4v) is 3.83. The molecule has 2 aromatic carbocycles. The Balaban J connectivity index is 1.85. The van der Waals surface area contributed by atoms with E-state index in [1.165, 1.54) is 0 Å². The number of rotatable bonds is 11. The maximum atomic E-state index is 12.1. The van der Waals surface area contributed by atoms with Gasteiger partial charge < -0.3 is 14.8 Å². The van der Waals surface area contributed by atoms with Gasteiger partial charge in [0.2, 0.25) is 15.9 Å². The molecule has 0 saturated carbocycles. The third-order valence-corrected chi connectivity index (χ3v) is 5.83. The van der Waals surface area contributed by atoms with Gasteiger partial charge in [-0.15, -0.1) is 0 Å². The van der Waals surface area contributed by atoms with E-state index < -0.39 is 10.0 Å². The third-order valence-electron chi connectivity index (χ3n) is 4.35. The van der Waals surface area contributed by atoms with E-state index >= 15 is 0 Å². The number of carbonyl (C=O) groups is 1. The molecule has 0 spiro atoms. The number of amides is 1. The number of methoxy groups -OCH3 is 2. The highest BCUT2D eigenvalue weighted by Crippen LogP contribution is 2.27. The number of carbonyl (C=O) groups excluding carboxylic acids is 1. The van der Waals surface area contributed by atoms with E-state index in [-0.39, 0.29) is 10.8 Å². The number of sulfonamides is 1. The summed E-state index contributed by atoms with van der Waals surface area (Å²) >= 11 is 0. The van der Waals surface area contributed by atoms with Gasteiger partial charge in [-0.25, -0.2) is 13.1 Å². The molecular weight excluding hydrogens is 392 g/mol. The van der Waals surface area contributed by atoms with E-state index in [1.54, 1.807) is 44.6 Å². The van der Waals surface area contributed by atoms with Crippen LogP contribution in [0.5, 0.6) is 11.5 Å². The summed E-state index contributed by atoms with van der Waals surface area (Å²) < 4.78 is 37.2. The number of hydrogen-bond donors (Lipinski definition) is 2. The molecule has 158 valence electrons. The molecule has 29 heavy (non-hydrogen) atoms. The molecule has 0 aliphatic heterocycles. The molecule has 0 heterocycles. The first-order chi connectivity index (χ1) is 13.9. The molecule has 0 radical (unpaired) electrons. The van der Waals surface area contributed by atoms with E-state index in [4.69, 9.17) is 9.47 Å². The lowest BCUT2D eigenvalue weighted by atomic mass is 10.1. The van der Waals surface area contributed by atoms with Crippen LogP contribution in [-0.2, 0) is 27.8 Å². The monoisotopic (exact) mass is 420 g/mol. The summed E-state index contributed by atoms with van der Waals surface area (Å²) in [6.07, 6.45) is 1.57. The molecule has 0 saturated heterocycles. The zero-order valence-corrected chi connectivity index (χ0v) is 17.8. The molecule has 2 aromatic rings. The van der Waals surface area contributed by atoms with Gasteiger partial charge >= 0.3 is 0 Å². The molecule has 2 rings (SSSR count). The van der Waals surface area contributed by atoms with Crippen molar-refractivity contribution in [2.75, 3.05) is 20.8 Å². The summed E-state index contributed by atoms with van der Waals surface area (Å²) in [7, 11) is -0.331. The van der Waals surface area contributed by atoms with Gasteiger partial charge in [-0.3, -0.25) is 4.79 Å². The van der Waals surface area contributed by atoms with Gasteiger partial charge in [0.25, 0.3) is 0 Å². The van der Waals surface area contributed by atoms with E-state index in [0.717, 1.165) is 17.5 Å². The van der Waals surface area contributed by atoms with Crippen LogP contribution in [0.4, 0.5) is 0 Å². The molecule has 1 amide bonds. The summed E-state index contributed by atoms with van der Waals surface area (Å²) in [5.74, 6) is 1.17. The summed E-state index contributed by atoms with van der Waals surface area (Å²) in [4.78, 5) is 12.4. The van der Waals surface area contributed by atoms with Crippen molar-refractivity contribution >= 4 is 15.9 Å². The number of nitrogens with one attached hydrogen (secondary N) is 2. The van der Waals surface area contributed by atoms with Crippen LogP contribution in [0.25, 0.3) is 0 Å². The van der Waals surface area contributed by atoms with Gasteiger partial charge in [0.1, 0.15) is 0 Å². The highest BCUT2D eigenvalue weighted by Gasteiger charge is 2.13. The predicted octanol–water partition coefficient (Wildman–Crippen LogP) is 2.64. The van der Waals surface area contributed by atoms with E-state index in [1.807, 2.05) is 19.1 Å². The summed E-state index contributed by atoms with van der Waals surface area (Å²) in [5, 5.41) is 2.88. The van der Waals surface area contributed by atoms with Crippen molar-refractivity contribution in [2.24, 2.45) is 0 Å². The van der Waals surface area contributed by atoms with Gasteiger partial charge in [0.05, 0.1) is 19.1 Å². The first kappa shape index (κ1) is 22.7. The first-order valence-electron chi connectivity index (χ1n) is 9.45. The molecule has 0 unspecified atom stereocenters. The lowest BCUT2D eigenvalue weighted by Crippen LogP contribution is -2.24. The van der Waals surface area contributed by atoms with Crippen molar-refractivity contribution in [1.82, 2.24) is 10.0 Å². The first-order valence-corrected chi connectivity index (χ1v) is 10.9. The highest BCUT2D eigenvalue weighted by molar-refractivity contribution is 7.89. The van der Waals surface area contributed by atoms with E-state index in [9.17, 15) is 13.2 Å². The summed E-state index contributed by atoms with van der Waals surface area (Å²) in [5.41, 5.74) is 1.81. The Hall–Kier alpha value is -2.58. The molecule has 0 aliphatic rings. The van der Waals surface area contributed by atoms with Gasteiger partial charge in [0.15, 0.2) is 11.5 Å². The van der Waals surface area contributed by atoms with Crippen LogP contribution >= 0.6 is 0 Å². The molecule has 0 atom stereocenters. The number of hydrogen-bond acceptors (Lipinski definition) is 5. The average molecular weight is 421 g/mol. The Kier molecular flexibility index (Phi) is 8.48. The Labute approximate surface area is 172 Å². The second-order valence-corrected chi connectivity index (χ2v) is 8.27. The number of aryl methyl sites for hydroxylation is 1. The van der Waals surface area contributed by atoms with Gasteiger partial charge in [-0.1, -0.05) is 25.1 Å². The van der Waals surface area contributed by atoms with Crippen LogP contribution < -0.4 is 19.5 Å². The van der Waals surface area contributed by atoms with Gasteiger partial charge in [0, 0.05) is 19.5 Å². The Morgan fingerprint density at radius 2 is 1.62 bits per heavy atom. The quantitative estimate of drug-likeness (QED) is 0.583. The van der Waals surface area contributed by atoms with Crippen LogP contribution in [0.15, 0.2) is 47.4 Å². The molecule has 8 heteroatoms. The van der Waals surface area contributed by atoms with Crippen LogP contribution in [0.1, 0.15) is 30.9 Å². The highest BCUT2D eigenvalue weighted by atomic mass is 32.2. The van der Waals surface area contributed by atoms with Crippen LogP contribution in [0.3, 0.4) is 0 Å². The smallest absolute Gasteiger partial charge is 0.240 e. The Morgan fingerprint density at radius 1 is 0.966 bits per heavy atom. The maximum absolute atomic E-state index is 12.1. The molecule has 0 aliphatic carbocycles. The molecule has 0 aromatic heterocycles. The van der Waals surface area contributed by atoms with Crippen molar-refractivity contribution < 1.29 is 22.7 Å². The van der Waals surface area contributed by atoms with Crippen LogP contribution in [0.2, 0.25) is 0 Å². The Morgan fingerprint density at radius 3 is 2.24 bits per heavy atom. The standard InChI is InChI=1S/C21H28N2O5S/c1-4-13-23-29(25,26)18-9-5-16(6-10-18)8-12-21(24)22-15-17-7-11-19(27-2)20(14-17)28-3/h5-7,9-11,14,23H,4,8,12-13,15H2,1-3H3,(H,22,24). The van der Waals surface area contributed by atoms with Crippen molar-refractivity contribution in [3.63, 3.8) is 0 Å². The predicted molar refractivity (Wildman–Crippen MR) is 112 cm³/mol. The molecule has 0 fully saturated rings. The lowest BCUT2D eigenvalue weighted by Gasteiger charge is -2.10. The van der Waals surface area contributed by atoms with Gasteiger partial charge in [-0.2, -0.15) is 0 Å². The van der Waals surface area contributed by atoms with Crippen molar-refractivity contribution in [1.29, 1.82) is 0 Å². The van der Waals surface area contributed by atoms with E-state index in [2.05, 4.69) is 10.0 Å². The van der Waals surface area contributed by atoms with Crippen molar-refractivity contribution in [2.45, 2.75) is 37.6 Å². The fraction of sp³-hybridized carbons (Fsp3) is 0.381. The normalized spacial score (nSPS) is 11.1. The third kappa shape index (κ3) is 6.76. The second-order valence-electron chi connectivity index (χ2n) is 6.51. The fourth-order valence-electron chi connectivity index (χ4n) is 2.69. The zero-order chi connectivity index (χ0) is 21.3. The number of ether oxygens (including phenoxy) is 2. The second kappa shape index (κ2) is 10.8. The molecule has 2 N–H and O–H groups in total. The summed E-state index contributed by atoms with van der Waals surface area (Å²) in [6, 6.07) is 12.1. The van der Waals surface area contributed by atoms with E-state index in [0.29, 0.717) is 37.4 Å². The topological polar surface area (TPSA) is 93.7 Å². The van der Waals surface area contributed by atoms with Gasteiger partial charge in [-0.05, 0) is 48.2 Å². The van der Waals surface area contributed by atoms with Crippen molar-refractivity contribution in [3.05, 3.63) is 53.6 Å². The minimum atomic E-state index is -3.47.